The Morgan fingerprint density at radius 3 is 2.63 bits per heavy atom. The third-order valence-corrected chi connectivity index (χ3v) is 4.81. The molecule has 0 aliphatic rings. The minimum atomic E-state index is -0.422. The highest BCUT2D eigenvalue weighted by molar-refractivity contribution is 7.14. The van der Waals surface area contributed by atoms with Gasteiger partial charge in [0.1, 0.15) is 11.5 Å². The number of hydrogen-bond donors (Lipinski definition) is 1. The summed E-state index contributed by atoms with van der Waals surface area (Å²) >= 11 is 1.37. The van der Waals surface area contributed by atoms with Gasteiger partial charge in [0.05, 0.1) is 16.8 Å². The number of para-hydroxylation sites is 1. The largest absolute Gasteiger partial charge is 0.457 e. The van der Waals surface area contributed by atoms with Crippen molar-refractivity contribution >= 4 is 28.4 Å². The van der Waals surface area contributed by atoms with Gasteiger partial charge in [0.15, 0.2) is 0 Å². The molecule has 0 spiro atoms. The molecule has 7 nitrogen and oxygen atoms in total. The summed E-state index contributed by atoms with van der Waals surface area (Å²) in [4.78, 5) is 14.9. The Morgan fingerprint density at radius 2 is 1.80 bits per heavy atom. The summed E-state index contributed by atoms with van der Waals surface area (Å²) < 4.78 is 5.82. The predicted molar refractivity (Wildman–Crippen MR) is 118 cm³/mol. The second-order valence-electron chi connectivity index (χ2n) is 6.20. The molecule has 0 amide bonds. The van der Waals surface area contributed by atoms with Crippen LogP contribution in [0.5, 0.6) is 11.5 Å². The molecule has 0 unspecified atom stereocenters. The topological polar surface area (TPSA) is 89.7 Å². The van der Waals surface area contributed by atoms with Gasteiger partial charge in [-0.1, -0.05) is 42.5 Å². The fourth-order valence-electron chi connectivity index (χ4n) is 2.68. The monoisotopic (exact) mass is 416 g/mol. The molecule has 4 rings (SSSR count). The number of nitro groups is 1. The quantitative estimate of drug-likeness (QED) is 0.228. The first kappa shape index (κ1) is 19.3. The number of anilines is 1. The molecule has 8 heteroatoms. The number of thiazole rings is 1. The lowest BCUT2D eigenvalue weighted by Gasteiger charge is -2.05. The lowest BCUT2D eigenvalue weighted by Crippen LogP contribution is -1.91. The van der Waals surface area contributed by atoms with Crippen LogP contribution in [0.15, 0.2) is 89.3 Å². The van der Waals surface area contributed by atoms with Gasteiger partial charge < -0.3 is 4.74 Å². The van der Waals surface area contributed by atoms with Gasteiger partial charge in [0.2, 0.25) is 5.13 Å². The fraction of sp³-hybridized carbons (Fsp3) is 0. The fourth-order valence-corrected chi connectivity index (χ4v) is 3.35. The van der Waals surface area contributed by atoms with Crippen LogP contribution in [0.3, 0.4) is 0 Å². The van der Waals surface area contributed by atoms with E-state index in [0.29, 0.717) is 22.1 Å². The van der Waals surface area contributed by atoms with Gasteiger partial charge in [-0.2, -0.15) is 5.10 Å². The molecule has 0 atom stereocenters. The summed E-state index contributed by atoms with van der Waals surface area (Å²) in [5.41, 5.74) is 5.13. The summed E-state index contributed by atoms with van der Waals surface area (Å²) in [5.74, 6) is 1.48. The average molecular weight is 416 g/mol. The van der Waals surface area contributed by atoms with Crippen LogP contribution in [-0.2, 0) is 0 Å². The molecule has 30 heavy (non-hydrogen) atoms. The molecule has 0 aliphatic heterocycles. The molecule has 1 aromatic heterocycles. The summed E-state index contributed by atoms with van der Waals surface area (Å²) in [5, 5.41) is 17.6. The first-order valence-corrected chi connectivity index (χ1v) is 9.88. The Labute approximate surface area is 176 Å². The van der Waals surface area contributed by atoms with Crippen molar-refractivity contribution in [3.05, 3.63) is 99.9 Å². The minimum absolute atomic E-state index is 0.0330. The van der Waals surface area contributed by atoms with Crippen molar-refractivity contribution in [1.29, 1.82) is 0 Å². The maximum Gasteiger partial charge on any atom is 0.270 e. The molecule has 0 aliphatic carbocycles. The number of nitrogens with zero attached hydrogens (tertiary/aromatic N) is 3. The number of benzene rings is 3. The third kappa shape index (κ3) is 4.86. The van der Waals surface area contributed by atoms with Crippen molar-refractivity contribution in [1.82, 2.24) is 4.98 Å². The normalized spacial score (nSPS) is 10.8. The number of non-ortho nitro benzene ring substituents is 1. The van der Waals surface area contributed by atoms with Crippen LogP contribution < -0.4 is 10.2 Å². The van der Waals surface area contributed by atoms with E-state index in [1.54, 1.807) is 18.3 Å². The molecular formula is C22H16N4O3S. The Kier molecular flexibility index (Phi) is 5.77. The molecular weight excluding hydrogens is 400 g/mol. The molecule has 0 bridgehead atoms. The highest BCUT2D eigenvalue weighted by atomic mass is 32.1. The van der Waals surface area contributed by atoms with E-state index < -0.39 is 4.92 Å². The number of nitrogens with one attached hydrogen (secondary N) is 1. The second kappa shape index (κ2) is 8.97. The summed E-state index contributed by atoms with van der Waals surface area (Å²) in [6, 6.07) is 23.5. The van der Waals surface area contributed by atoms with Crippen LogP contribution in [0, 0.1) is 10.1 Å². The Balaban J connectivity index is 1.41. The van der Waals surface area contributed by atoms with Gasteiger partial charge in [0, 0.05) is 23.1 Å². The van der Waals surface area contributed by atoms with E-state index in [1.807, 2.05) is 60.0 Å². The molecule has 0 fully saturated rings. The number of hydrogen-bond acceptors (Lipinski definition) is 7. The molecule has 1 N–H and O–H groups in total. The molecule has 1 heterocycles. The van der Waals surface area contributed by atoms with Crippen molar-refractivity contribution < 1.29 is 9.66 Å². The average Bonchev–Trinajstić information content (AvgIpc) is 3.24. The van der Waals surface area contributed by atoms with Crippen molar-refractivity contribution in [2.24, 2.45) is 5.10 Å². The van der Waals surface area contributed by atoms with Crippen molar-refractivity contribution in [2.45, 2.75) is 0 Å². The van der Waals surface area contributed by atoms with E-state index in [-0.39, 0.29) is 5.69 Å². The molecule has 0 saturated heterocycles. The molecule has 0 radical (unpaired) electrons. The Bertz CT molecular complexity index is 1190. The Hall–Kier alpha value is -4.04. The summed E-state index contributed by atoms with van der Waals surface area (Å²) in [6.07, 6.45) is 1.67. The van der Waals surface area contributed by atoms with Gasteiger partial charge in [-0.05, 0) is 29.8 Å². The molecule has 3 aromatic carbocycles. The smallest absolute Gasteiger partial charge is 0.270 e. The first-order chi connectivity index (χ1) is 14.7. The predicted octanol–water partition coefficient (Wildman–Crippen LogP) is 5.96. The van der Waals surface area contributed by atoms with Crippen molar-refractivity contribution in [3.8, 4) is 22.8 Å². The minimum Gasteiger partial charge on any atom is -0.457 e. The number of hydrazone groups is 1. The van der Waals surface area contributed by atoms with E-state index >= 15 is 0 Å². The van der Waals surface area contributed by atoms with Crippen molar-refractivity contribution in [2.75, 3.05) is 5.43 Å². The molecule has 4 aromatic rings. The maximum atomic E-state index is 10.9. The first-order valence-electron chi connectivity index (χ1n) is 9.00. The van der Waals surface area contributed by atoms with E-state index in [1.165, 1.54) is 23.5 Å². The van der Waals surface area contributed by atoms with Crippen LogP contribution in [0.1, 0.15) is 5.56 Å². The van der Waals surface area contributed by atoms with E-state index in [2.05, 4.69) is 15.5 Å². The van der Waals surface area contributed by atoms with Crippen LogP contribution in [-0.4, -0.2) is 16.1 Å². The zero-order chi connectivity index (χ0) is 20.8. The van der Waals surface area contributed by atoms with Crippen LogP contribution in [0.2, 0.25) is 0 Å². The lowest BCUT2D eigenvalue weighted by atomic mass is 10.1. The van der Waals surface area contributed by atoms with E-state index in [9.17, 15) is 10.1 Å². The second-order valence-corrected chi connectivity index (χ2v) is 7.06. The SMILES string of the molecule is O=[N+]([O-])c1cccc(-c2csc(NN=Cc3cccc(Oc4ccccc4)c3)n2)c1. The van der Waals surface area contributed by atoms with Gasteiger partial charge in [-0.15, -0.1) is 11.3 Å². The highest BCUT2D eigenvalue weighted by Gasteiger charge is 2.09. The number of rotatable bonds is 7. The molecule has 0 saturated carbocycles. The zero-order valence-corrected chi connectivity index (χ0v) is 16.5. The standard InChI is InChI=1S/C22H16N4O3S/c27-26(28)18-8-5-7-17(13-18)21-15-30-22(24-21)25-23-14-16-6-4-11-20(12-16)29-19-9-2-1-3-10-19/h1-15H,(H,24,25). The van der Waals surface area contributed by atoms with E-state index in [0.717, 1.165) is 11.3 Å². The van der Waals surface area contributed by atoms with Crippen LogP contribution in [0.25, 0.3) is 11.3 Å². The van der Waals surface area contributed by atoms with Gasteiger partial charge >= 0.3 is 0 Å². The third-order valence-electron chi connectivity index (χ3n) is 4.07. The van der Waals surface area contributed by atoms with Gasteiger partial charge in [-0.3, -0.25) is 15.5 Å². The van der Waals surface area contributed by atoms with Crippen LogP contribution >= 0.6 is 11.3 Å². The van der Waals surface area contributed by atoms with Crippen LogP contribution in [0.4, 0.5) is 10.8 Å². The van der Waals surface area contributed by atoms with Gasteiger partial charge in [-0.25, -0.2) is 4.98 Å². The van der Waals surface area contributed by atoms with Gasteiger partial charge in [0.25, 0.3) is 5.69 Å². The summed E-state index contributed by atoms with van der Waals surface area (Å²) in [7, 11) is 0. The summed E-state index contributed by atoms with van der Waals surface area (Å²) in [6.45, 7) is 0. The number of nitro benzene ring substituents is 1. The zero-order valence-electron chi connectivity index (χ0n) is 15.6. The highest BCUT2D eigenvalue weighted by Crippen LogP contribution is 2.27. The lowest BCUT2D eigenvalue weighted by molar-refractivity contribution is -0.384. The Morgan fingerprint density at radius 1 is 1.00 bits per heavy atom. The number of ether oxygens (including phenoxy) is 1. The maximum absolute atomic E-state index is 10.9. The van der Waals surface area contributed by atoms with E-state index in [4.69, 9.17) is 4.74 Å². The molecule has 148 valence electrons. The van der Waals surface area contributed by atoms with Crippen molar-refractivity contribution in [3.63, 3.8) is 0 Å². The number of aromatic nitrogens is 1.